The molecule has 1 aromatic carbocycles. The summed E-state index contributed by atoms with van der Waals surface area (Å²) in [7, 11) is -3.96. The second kappa shape index (κ2) is 6.21. The first-order chi connectivity index (χ1) is 9.58. The minimum absolute atomic E-state index is 0.181. The maximum absolute atomic E-state index is 12.3. The Kier molecular flexibility index (Phi) is 5.06. The Bertz CT molecular complexity index is 665. The van der Waals surface area contributed by atoms with Crippen LogP contribution in [0.1, 0.15) is 25.0 Å². The van der Waals surface area contributed by atoms with Crippen molar-refractivity contribution in [3.05, 3.63) is 39.4 Å². The molecule has 116 valence electrons. The van der Waals surface area contributed by atoms with E-state index in [9.17, 15) is 23.3 Å². The number of carboxylic acids is 1. The number of nitro groups is 1. The third-order valence-electron chi connectivity index (χ3n) is 3.21. The highest BCUT2D eigenvalue weighted by Crippen LogP contribution is 2.25. The van der Waals surface area contributed by atoms with E-state index in [0.717, 1.165) is 0 Å². The first-order valence-electron chi connectivity index (χ1n) is 6.25. The van der Waals surface area contributed by atoms with E-state index in [1.54, 1.807) is 0 Å². The SMILES string of the molecule is Cc1c(CS(=O)(=O)C(C(=O)O)C(C)C)cccc1[N+](=O)[O-]. The lowest BCUT2D eigenvalue weighted by Gasteiger charge is -2.17. The first-order valence-corrected chi connectivity index (χ1v) is 7.96. The second-order valence-electron chi connectivity index (χ2n) is 5.13. The molecule has 0 bridgehead atoms. The van der Waals surface area contributed by atoms with Crippen LogP contribution >= 0.6 is 0 Å². The van der Waals surface area contributed by atoms with Gasteiger partial charge in [-0.05, 0) is 18.4 Å². The molecular weight excluding hydrogens is 298 g/mol. The quantitative estimate of drug-likeness (QED) is 0.633. The van der Waals surface area contributed by atoms with Gasteiger partial charge in [0.2, 0.25) is 0 Å². The molecule has 1 rings (SSSR count). The van der Waals surface area contributed by atoms with Crippen molar-refractivity contribution in [3.63, 3.8) is 0 Å². The lowest BCUT2D eigenvalue weighted by atomic mass is 10.1. The fourth-order valence-electron chi connectivity index (χ4n) is 2.18. The number of nitro benzene ring substituents is 1. The van der Waals surface area contributed by atoms with Crippen LogP contribution in [0.3, 0.4) is 0 Å². The molecule has 0 saturated carbocycles. The van der Waals surface area contributed by atoms with Crippen molar-refractivity contribution in [1.29, 1.82) is 0 Å². The highest BCUT2D eigenvalue weighted by molar-refractivity contribution is 7.92. The Morgan fingerprint density at radius 3 is 2.38 bits per heavy atom. The van der Waals surface area contributed by atoms with Gasteiger partial charge >= 0.3 is 5.97 Å². The Morgan fingerprint density at radius 2 is 1.95 bits per heavy atom. The van der Waals surface area contributed by atoms with Crippen LogP contribution in [-0.4, -0.2) is 29.7 Å². The lowest BCUT2D eigenvalue weighted by molar-refractivity contribution is -0.385. The van der Waals surface area contributed by atoms with Crippen molar-refractivity contribution >= 4 is 21.5 Å². The highest BCUT2D eigenvalue weighted by atomic mass is 32.2. The standard InChI is InChI=1S/C13H17NO6S/c1-8(2)12(13(15)16)21(19,20)7-10-5-4-6-11(9(10)3)14(17)18/h4-6,8,12H,7H2,1-3H3,(H,15,16). The molecule has 1 aromatic rings. The number of aliphatic carboxylic acids is 1. The highest BCUT2D eigenvalue weighted by Gasteiger charge is 2.35. The molecule has 8 heteroatoms. The number of hydrogen-bond donors (Lipinski definition) is 1. The minimum Gasteiger partial charge on any atom is -0.480 e. The van der Waals surface area contributed by atoms with E-state index in [4.69, 9.17) is 5.11 Å². The van der Waals surface area contributed by atoms with Crippen LogP contribution in [-0.2, 0) is 20.4 Å². The maximum Gasteiger partial charge on any atom is 0.322 e. The molecule has 0 aliphatic rings. The van der Waals surface area contributed by atoms with Crippen molar-refractivity contribution < 1.29 is 23.2 Å². The zero-order valence-corrected chi connectivity index (χ0v) is 12.8. The van der Waals surface area contributed by atoms with E-state index >= 15 is 0 Å². The molecule has 1 unspecified atom stereocenters. The van der Waals surface area contributed by atoms with E-state index in [1.807, 2.05) is 0 Å². The average Bonchev–Trinajstić information content (AvgIpc) is 2.29. The van der Waals surface area contributed by atoms with Gasteiger partial charge in [0.25, 0.3) is 5.69 Å². The third-order valence-corrected chi connectivity index (χ3v) is 5.44. The molecule has 21 heavy (non-hydrogen) atoms. The molecular formula is C13H17NO6S. The summed E-state index contributed by atoms with van der Waals surface area (Å²) < 4.78 is 24.5. The number of benzene rings is 1. The Morgan fingerprint density at radius 1 is 1.38 bits per heavy atom. The predicted octanol–water partition coefficient (Wildman–Crippen LogP) is 1.93. The maximum atomic E-state index is 12.3. The van der Waals surface area contributed by atoms with Gasteiger partial charge in [0.1, 0.15) is 0 Å². The Balaban J connectivity index is 3.24. The summed E-state index contributed by atoms with van der Waals surface area (Å²) in [5, 5.41) is 18.4. The number of sulfone groups is 1. The molecule has 0 spiro atoms. The zero-order valence-electron chi connectivity index (χ0n) is 11.9. The average molecular weight is 315 g/mol. The van der Waals surface area contributed by atoms with Crippen LogP contribution in [0.4, 0.5) is 5.69 Å². The number of hydrogen-bond acceptors (Lipinski definition) is 5. The lowest BCUT2D eigenvalue weighted by Crippen LogP contribution is -2.35. The van der Waals surface area contributed by atoms with Crippen LogP contribution in [0.15, 0.2) is 18.2 Å². The molecule has 0 saturated heterocycles. The second-order valence-corrected chi connectivity index (χ2v) is 7.25. The van der Waals surface area contributed by atoms with E-state index < -0.39 is 37.7 Å². The van der Waals surface area contributed by atoms with Crippen LogP contribution in [0.5, 0.6) is 0 Å². The molecule has 7 nitrogen and oxygen atoms in total. The van der Waals surface area contributed by atoms with Crippen LogP contribution in [0.2, 0.25) is 0 Å². The van der Waals surface area contributed by atoms with Crippen LogP contribution < -0.4 is 0 Å². The van der Waals surface area contributed by atoms with Crippen molar-refractivity contribution in [2.75, 3.05) is 0 Å². The third kappa shape index (κ3) is 3.78. The molecule has 0 fully saturated rings. The predicted molar refractivity (Wildman–Crippen MR) is 76.7 cm³/mol. The first kappa shape index (κ1) is 17.1. The van der Waals surface area contributed by atoms with E-state index in [1.165, 1.54) is 39.0 Å². The van der Waals surface area contributed by atoms with Crippen molar-refractivity contribution in [2.45, 2.75) is 31.8 Å². The van der Waals surface area contributed by atoms with Gasteiger partial charge in [-0.25, -0.2) is 8.42 Å². The monoisotopic (exact) mass is 315 g/mol. The fraction of sp³-hybridized carbons (Fsp3) is 0.462. The van der Waals surface area contributed by atoms with Crippen molar-refractivity contribution in [1.82, 2.24) is 0 Å². The van der Waals surface area contributed by atoms with Crippen molar-refractivity contribution in [2.24, 2.45) is 5.92 Å². The summed E-state index contributed by atoms with van der Waals surface area (Å²) >= 11 is 0. The molecule has 1 atom stereocenters. The van der Waals surface area contributed by atoms with E-state index in [0.29, 0.717) is 0 Å². The van der Waals surface area contributed by atoms with E-state index in [-0.39, 0.29) is 16.8 Å². The van der Waals surface area contributed by atoms with Gasteiger partial charge in [-0.15, -0.1) is 0 Å². The molecule has 0 aliphatic carbocycles. The minimum atomic E-state index is -3.96. The van der Waals surface area contributed by atoms with Gasteiger partial charge in [0.15, 0.2) is 15.1 Å². The van der Waals surface area contributed by atoms with E-state index in [2.05, 4.69) is 0 Å². The summed E-state index contributed by atoms with van der Waals surface area (Å²) in [6.45, 7) is 4.47. The summed E-state index contributed by atoms with van der Waals surface area (Å²) in [6, 6.07) is 4.13. The molecule has 0 aliphatic heterocycles. The summed E-state index contributed by atoms with van der Waals surface area (Å²) in [6.07, 6.45) is 0. The van der Waals surface area contributed by atoms with Gasteiger partial charge < -0.3 is 5.11 Å². The largest absolute Gasteiger partial charge is 0.480 e. The van der Waals surface area contributed by atoms with Crippen LogP contribution in [0.25, 0.3) is 0 Å². The number of nitrogens with zero attached hydrogens (tertiary/aromatic N) is 1. The van der Waals surface area contributed by atoms with Gasteiger partial charge in [-0.3, -0.25) is 14.9 Å². The van der Waals surface area contributed by atoms with Gasteiger partial charge in [-0.1, -0.05) is 26.0 Å². The Hall–Kier alpha value is -1.96. The number of rotatable bonds is 6. The van der Waals surface area contributed by atoms with Crippen molar-refractivity contribution in [3.8, 4) is 0 Å². The van der Waals surface area contributed by atoms with Gasteiger partial charge in [0.05, 0.1) is 10.7 Å². The topological polar surface area (TPSA) is 115 Å². The molecule has 0 aromatic heterocycles. The fourth-order valence-corrected chi connectivity index (χ4v) is 4.25. The molecule has 1 N–H and O–H groups in total. The summed E-state index contributed by atoms with van der Waals surface area (Å²) in [5.41, 5.74) is 0.300. The number of carbonyl (C=O) groups is 1. The van der Waals surface area contributed by atoms with Crippen LogP contribution in [0, 0.1) is 23.0 Å². The molecule has 0 radical (unpaired) electrons. The zero-order chi connectivity index (χ0) is 16.4. The molecule has 0 heterocycles. The number of carboxylic acid groups (broad SMARTS) is 1. The Labute approximate surface area is 122 Å². The van der Waals surface area contributed by atoms with Gasteiger partial charge in [-0.2, -0.15) is 0 Å². The summed E-state index contributed by atoms with van der Waals surface area (Å²) in [4.78, 5) is 21.4. The smallest absolute Gasteiger partial charge is 0.322 e. The van der Waals surface area contributed by atoms with Gasteiger partial charge in [0, 0.05) is 11.6 Å². The normalized spacial score (nSPS) is 13.1. The molecule has 0 amide bonds. The summed E-state index contributed by atoms with van der Waals surface area (Å²) in [5.74, 6) is -2.53.